The number of carbonyl (C=O) groups is 1. The van der Waals surface area contributed by atoms with Crippen LogP contribution in [-0.2, 0) is 11.3 Å². The molecule has 2 N–H and O–H groups in total. The first-order valence-electron chi connectivity index (χ1n) is 8.27. The Hall–Kier alpha value is -1.99. The number of nitrogens with zero attached hydrogens (tertiary/aromatic N) is 3. The van der Waals surface area contributed by atoms with Crippen molar-refractivity contribution in [3.8, 4) is 0 Å². The Morgan fingerprint density at radius 1 is 1.33 bits per heavy atom. The van der Waals surface area contributed by atoms with Gasteiger partial charge in [0.15, 0.2) is 4.77 Å². The average molecular weight is 347 g/mol. The fraction of sp³-hybridized carbons (Fsp3) is 0.471. The van der Waals surface area contributed by atoms with E-state index in [0.29, 0.717) is 17.9 Å². The molecule has 6 nitrogen and oxygen atoms in total. The molecule has 2 aromatic rings. The minimum Gasteiger partial charge on any atom is -0.353 e. The Morgan fingerprint density at radius 2 is 2.00 bits per heavy atom. The highest BCUT2D eigenvalue weighted by Crippen LogP contribution is 2.20. The van der Waals surface area contributed by atoms with Gasteiger partial charge in [-0.2, -0.15) is 5.10 Å². The topological polar surface area (TPSA) is 66.0 Å². The van der Waals surface area contributed by atoms with Crippen molar-refractivity contribution >= 4 is 18.1 Å². The predicted octanol–water partition coefficient (Wildman–Crippen LogP) is 2.45. The van der Waals surface area contributed by atoms with E-state index in [0.717, 1.165) is 24.5 Å². The number of hydrogen-bond acceptors (Lipinski definition) is 4. The molecular formula is C17H25N5OS. The van der Waals surface area contributed by atoms with Crippen molar-refractivity contribution in [2.75, 3.05) is 19.6 Å². The van der Waals surface area contributed by atoms with Gasteiger partial charge in [0.25, 0.3) is 0 Å². The first-order valence-corrected chi connectivity index (χ1v) is 8.67. The third-order valence-electron chi connectivity index (χ3n) is 4.12. The smallest absolute Gasteiger partial charge is 0.242 e. The summed E-state index contributed by atoms with van der Waals surface area (Å²) in [4.78, 5) is 14.9. The summed E-state index contributed by atoms with van der Waals surface area (Å²) in [5.41, 5.74) is 1.01. The van der Waals surface area contributed by atoms with Crippen molar-refractivity contribution in [3.05, 3.63) is 46.5 Å². The minimum absolute atomic E-state index is 0.0116. The molecule has 2 rings (SSSR count). The quantitative estimate of drug-likeness (QED) is 0.720. The van der Waals surface area contributed by atoms with Gasteiger partial charge in [0, 0.05) is 13.1 Å². The number of benzene rings is 1. The van der Waals surface area contributed by atoms with Crippen molar-refractivity contribution in [1.82, 2.24) is 25.0 Å². The van der Waals surface area contributed by atoms with E-state index in [1.807, 2.05) is 41.8 Å². The Kier molecular flexibility index (Phi) is 6.69. The maximum Gasteiger partial charge on any atom is 0.242 e. The lowest BCUT2D eigenvalue weighted by molar-refractivity contribution is -0.126. The summed E-state index contributed by atoms with van der Waals surface area (Å²) in [6.07, 6.45) is 0. The molecule has 0 spiro atoms. The van der Waals surface area contributed by atoms with Gasteiger partial charge in [0.05, 0.1) is 0 Å². The van der Waals surface area contributed by atoms with Crippen molar-refractivity contribution in [2.45, 2.75) is 33.4 Å². The fourth-order valence-corrected chi connectivity index (χ4v) is 3.07. The summed E-state index contributed by atoms with van der Waals surface area (Å²) in [6.45, 7) is 8.77. The van der Waals surface area contributed by atoms with E-state index >= 15 is 0 Å². The number of H-pyrrole nitrogens is 1. The summed E-state index contributed by atoms with van der Waals surface area (Å²) < 4.78 is 2.45. The number of aromatic amines is 1. The van der Waals surface area contributed by atoms with E-state index in [1.54, 1.807) is 0 Å². The molecule has 0 radical (unpaired) electrons. The van der Waals surface area contributed by atoms with Crippen LogP contribution in [0.2, 0.25) is 0 Å². The summed E-state index contributed by atoms with van der Waals surface area (Å²) in [7, 11) is 0. The zero-order valence-electron chi connectivity index (χ0n) is 14.5. The molecule has 7 heteroatoms. The normalized spacial score (nSPS) is 12.3. The van der Waals surface area contributed by atoms with Gasteiger partial charge in [-0.15, -0.1) is 0 Å². The van der Waals surface area contributed by atoms with Crippen molar-refractivity contribution in [2.24, 2.45) is 0 Å². The maximum atomic E-state index is 12.8. The zero-order valence-corrected chi connectivity index (χ0v) is 15.3. The highest BCUT2D eigenvalue weighted by atomic mass is 32.1. The van der Waals surface area contributed by atoms with Crippen LogP contribution in [0.1, 0.15) is 31.3 Å². The van der Waals surface area contributed by atoms with Crippen molar-refractivity contribution < 1.29 is 4.79 Å². The van der Waals surface area contributed by atoms with Crippen LogP contribution in [0.5, 0.6) is 0 Å². The molecular weight excluding hydrogens is 322 g/mol. The number of aromatic nitrogens is 3. The van der Waals surface area contributed by atoms with Crippen LogP contribution in [0.4, 0.5) is 0 Å². The van der Waals surface area contributed by atoms with Crippen LogP contribution < -0.4 is 5.32 Å². The average Bonchev–Trinajstić information content (AvgIpc) is 2.92. The fourth-order valence-electron chi connectivity index (χ4n) is 2.80. The second-order valence-corrected chi connectivity index (χ2v) is 5.94. The SMILES string of the molecule is CCN(CC)[C@H](C(=O)NCCn1c(C)n[nH]c1=S)c1ccccc1. The molecule has 1 amide bonds. The zero-order chi connectivity index (χ0) is 17.5. The second kappa shape index (κ2) is 8.75. The lowest BCUT2D eigenvalue weighted by atomic mass is 10.0. The number of likely N-dealkylation sites (N-methyl/N-ethyl adjacent to an activating group) is 1. The van der Waals surface area contributed by atoms with Gasteiger partial charge in [-0.25, -0.2) is 0 Å². The molecule has 1 aromatic heterocycles. The van der Waals surface area contributed by atoms with E-state index in [1.165, 1.54) is 0 Å². The van der Waals surface area contributed by atoms with E-state index in [4.69, 9.17) is 12.2 Å². The van der Waals surface area contributed by atoms with E-state index in [9.17, 15) is 4.79 Å². The number of hydrogen-bond donors (Lipinski definition) is 2. The minimum atomic E-state index is -0.278. The standard InChI is InChI=1S/C17H25N5OS/c1-4-21(5-2)15(14-9-7-6-8-10-14)16(23)18-11-12-22-13(3)19-20-17(22)24/h6-10,15H,4-5,11-12H2,1-3H3,(H,18,23)(H,20,24)/t15-/m0/s1. The highest BCUT2D eigenvalue weighted by Gasteiger charge is 2.25. The maximum absolute atomic E-state index is 12.8. The molecule has 0 aliphatic heterocycles. The van der Waals surface area contributed by atoms with E-state index < -0.39 is 0 Å². The molecule has 0 bridgehead atoms. The van der Waals surface area contributed by atoms with Gasteiger partial charge < -0.3 is 9.88 Å². The van der Waals surface area contributed by atoms with Gasteiger partial charge in [0.1, 0.15) is 11.9 Å². The summed E-state index contributed by atoms with van der Waals surface area (Å²) in [5.74, 6) is 0.829. The van der Waals surface area contributed by atoms with Crippen LogP contribution >= 0.6 is 12.2 Å². The molecule has 1 heterocycles. The highest BCUT2D eigenvalue weighted by molar-refractivity contribution is 7.71. The molecule has 0 saturated heterocycles. The van der Waals surface area contributed by atoms with Gasteiger partial charge in [-0.05, 0) is 37.8 Å². The lowest BCUT2D eigenvalue weighted by Crippen LogP contribution is -2.41. The Labute approximate surface area is 147 Å². The molecule has 0 aliphatic rings. The van der Waals surface area contributed by atoms with Gasteiger partial charge >= 0.3 is 0 Å². The monoisotopic (exact) mass is 347 g/mol. The molecule has 1 atom stereocenters. The molecule has 0 aliphatic carbocycles. The first kappa shape index (κ1) is 18.4. The first-order chi connectivity index (χ1) is 11.6. The second-order valence-electron chi connectivity index (χ2n) is 5.55. The van der Waals surface area contributed by atoms with Crippen LogP contribution in [0, 0.1) is 11.7 Å². The number of carbonyl (C=O) groups excluding carboxylic acids is 1. The number of rotatable bonds is 8. The van der Waals surface area contributed by atoms with E-state index in [2.05, 4.69) is 34.3 Å². The Morgan fingerprint density at radius 3 is 2.54 bits per heavy atom. The van der Waals surface area contributed by atoms with Crippen molar-refractivity contribution in [3.63, 3.8) is 0 Å². The Bertz CT molecular complexity index is 705. The third kappa shape index (κ3) is 4.30. The Balaban J connectivity index is 2.06. The molecule has 130 valence electrons. The lowest BCUT2D eigenvalue weighted by Gasteiger charge is -2.29. The van der Waals surface area contributed by atoms with Crippen LogP contribution in [0.15, 0.2) is 30.3 Å². The van der Waals surface area contributed by atoms with E-state index in [-0.39, 0.29) is 11.9 Å². The largest absolute Gasteiger partial charge is 0.353 e. The van der Waals surface area contributed by atoms with Gasteiger partial charge in [0.2, 0.25) is 5.91 Å². The predicted molar refractivity (Wildman–Crippen MR) is 97.3 cm³/mol. The van der Waals surface area contributed by atoms with Crippen LogP contribution in [0.25, 0.3) is 0 Å². The number of amides is 1. The van der Waals surface area contributed by atoms with Crippen molar-refractivity contribution in [1.29, 1.82) is 0 Å². The molecule has 0 fully saturated rings. The molecule has 0 saturated carbocycles. The van der Waals surface area contributed by atoms with Crippen LogP contribution in [0.3, 0.4) is 0 Å². The summed E-state index contributed by atoms with van der Waals surface area (Å²) in [6, 6.07) is 9.61. The third-order valence-corrected chi connectivity index (χ3v) is 4.44. The van der Waals surface area contributed by atoms with Gasteiger partial charge in [-0.3, -0.25) is 14.8 Å². The summed E-state index contributed by atoms with van der Waals surface area (Å²) in [5, 5.41) is 9.86. The molecule has 1 aromatic carbocycles. The summed E-state index contributed by atoms with van der Waals surface area (Å²) >= 11 is 5.18. The molecule has 24 heavy (non-hydrogen) atoms. The number of nitrogens with one attached hydrogen (secondary N) is 2. The number of aryl methyl sites for hydroxylation is 1. The van der Waals surface area contributed by atoms with Gasteiger partial charge in [-0.1, -0.05) is 44.2 Å². The van der Waals surface area contributed by atoms with Crippen LogP contribution in [-0.4, -0.2) is 45.2 Å². The molecule has 0 unspecified atom stereocenters.